The second kappa shape index (κ2) is 7.58. The zero-order chi connectivity index (χ0) is 19.7. The number of nitrogens with zero attached hydrogens (tertiary/aromatic N) is 2. The summed E-state index contributed by atoms with van der Waals surface area (Å²) in [7, 11) is 0. The maximum Gasteiger partial charge on any atom is 0.254 e. The first-order valence-electron chi connectivity index (χ1n) is 9.93. The molecule has 1 aromatic carbocycles. The molecule has 0 spiro atoms. The van der Waals surface area contributed by atoms with Gasteiger partial charge in [-0.25, -0.2) is 9.97 Å². The van der Waals surface area contributed by atoms with Crippen LogP contribution in [-0.2, 0) is 12.8 Å². The van der Waals surface area contributed by atoms with Gasteiger partial charge in [0, 0.05) is 29.1 Å². The molecule has 2 aromatic heterocycles. The molecule has 0 aliphatic heterocycles. The molecule has 5 heteroatoms. The van der Waals surface area contributed by atoms with Gasteiger partial charge in [-0.1, -0.05) is 18.2 Å². The molecule has 1 aliphatic carbocycles. The van der Waals surface area contributed by atoms with Crippen LogP contribution in [0.2, 0.25) is 0 Å². The Morgan fingerprint density at radius 2 is 1.86 bits per heavy atom. The lowest BCUT2D eigenvalue weighted by molar-refractivity contribution is 0.683. The summed E-state index contributed by atoms with van der Waals surface area (Å²) in [6.45, 7) is 5.78. The molecule has 0 radical (unpaired) electrons. The standard InChI is InChI=1S/C23H26N4O/c1-14-15(2)26-22(27-23(14)28)20-10-11-21(24-13-20)25-16(3)18-9-8-17-6-4-5-7-19(17)12-18/h8-13,16H,4-7H2,1-3H3,(H,24,25)(H,26,27,28). The van der Waals surface area contributed by atoms with E-state index in [2.05, 4.69) is 45.4 Å². The van der Waals surface area contributed by atoms with Crippen molar-refractivity contribution in [2.45, 2.75) is 52.5 Å². The van der Waals surface area contributed by atoms with E-state index in [9.17, 15) is 4.79 Å². The van der Waals surface area contributed by atoms with Crippen LogP contribution in [0.5, 0.6) is 0 Å². The number of anilines is 1. The molecule has 1 atom stereocenters. The highest BCUT2D eigenvalue weighted by atomic mass is 16.1. The number of benzene rings is 1. The third-order valence-corrected chi connectivity index (χ3v) is 5.67. The monoisotopic (exact) mass is 374 g/mol. The molecule has 0 bridgehead atoms. The number of aromatic nitrogens is 3. The molecule has 3 aromatic rings. The van der Waals surface area contributed by atoms with Gasteiger partial charge in [-0.2, -0.15) is 0 Å². The van der Waals surface area contributed by atoms with Crippen molar-refractivity contribution in [2.75, 3.05) is 5.32 Å². The van der Waals surface area contributed by atoms with Crippen LogP contribution >= 0.6 is 0 Å². The molecule has 2 heterocycles. The quantitative estimate of drug-likeness (QED) is 0.705. The molecular formula is C23H26N4O. The van der Waals surface area contributed by atoms with E-state index < -0.39 is 0 Å². The Bertz CT molecular complexity index is 1050. The predicted molar refractivity (Wildman–Crippen MR) is 113 cm³/mol. The van der Waals surface area contributed by atoms with Crippen molar-refractivity contribution in [1.82, 2.24) is 15.0 Å². The average molecular weight is 374 g/mol. The van der Waals surface area contributed by atoms with Crippen molar-refractivity contribution < 1.29 is 0 Å². The Balaban J connectivity index is 1.51. The van der Waals surface area contributed by atoms with Crippen molar-refractivity contribution in [3.05, 3.63) is 74.8 Å². The summed E-state index contributed by atoms with van der Waals surface area (Å²) >= 11 is 0. The van der Waals surface area contributed by atoms with E-state index >= 15 is 0 Å². The Hall–Kier alpha value is -2.95. The second-order valence-electron chi connectivity index (χ2n) is 7.66. The molecule has 4 rings (SSSR count). The van der Waals surface area contributed by atoms with Crippen molar-refractivity contribution in [3.63, 3.8) is 0 Å². The number of H-pyrrole nitrogens is 1. The summed E-state index contributed by atoms with van der Waals surface area (Å²) in [6, 6.07) is 10.9. The number of hydrogen-bond acceptors (Lipinski definition) is 4. The largest absolute Gasteiger partial charge is 0.364 e. The minimum atomic E-state index is -0.106. The first-order valence-corrected chi connectivity index (χ1v) is 9.93. The Kier molecular flexibility index (Phi) is 4.99. The van der Waals surface area contributed by atoms with Gasteiger partial charge in [-0.3, -0.25) is 4.79 Å². The van der Waals surface area contributed by atoms with Crippen LogP contribution in [0.25, 0.3) is 11.4 Å². The number of fused-ring (bicyclic) bond motifs is 1. The highest BCUT2D eigenvalue weighted by Gasteiger charge is 2.13. The number of aromatic amines is 1. The van der Waals surface area contributed by atoms with Crippen LogP contribution in [0.15, 0.2) is 41.3 Å². The van der Waals surface area contributed by atoms with Gasteiger partial charge >= 0.3 is 0 Å². The van der Waals surface area contributed by atoms with E-state index in [-0.39, 0.29) is 11.6 Å². The molecule has 0 saturated heterocycles. The van der Waals surface area contributed by atoms with E-state index in [4.69, 9.17) is 0 Å². The fraction of sp³-hybridized carbons (Fsp3) is 0.348. The molecule has 1 unspecified atom stereocenters. The number of nitrogens with one attached hydrogen (secondary N) is 2. The topological polar surface area (TPSA) is 70.7 Å². The van der Waals surface area contributed by atoms with Gasteiger partial charge in [0.05, 0.1) is 0 Å². The summed E-state index contributed by atoms with van der Waals surface area (Å²) in [6.07, 6.45) is 6.72. The molecule has 28 heavy (non-hydrogen) atoms. The van der Waals surface area contributed by atoms with Crippen LogP contribution in [0.1, 0.15) is 53.8 Å². The molecule has 2 N–H and O–H groups in total. The van der Waals surface area contributed by atoms with Crippen LogP contribution < -0.4 is 10.9 Å². The van der Waals surface area contributed by atoms with Crippen molar-refractivity contribution >= 4 is 5.82 Å². The normalized spacial score (nSPS) is 14.4. The minimum absolute atomic E-state index is 0.106. The molecule has 144 valence electrons. The Labute approximate surface area is 165 Å². The van der Waals surface area contributed by atoms with E-state index in [1.165, 1.54) is 42.4 Å². The summed E-state index contributed by atoms with van der Waals surface area (Å²) in [5, 5.41) is 3.47. The summed E-state index contributed by atoms with van der Waals surface area (Å²) in [5.74, 6) is 1.36. The molecule has 0 fully saturated rings. The molecule has 1 aliphatic rings. The van der Waals surface area contributed by atoms with Gasteiger partial charge in [0.25, 0.3) is 5.56 Å². The number of pyridine rings is 1. The van der Waals surface area contributed by atoms with Crippen LogP contribution in [0, 0.1) is 13.8 Å². The van der Waals surface area contributed by atoms with Gasteiger partial charge in [0.2, 0.25) is 0 Å². The van der Waals surface area contributed by atoms with Gasteiger partial charge < -0.3 is 10.3 Å². The molecule has 5 nitrogen and oxygen atoms in total. The van der Waals surface area contributed by atoms with Gasteiger partial charge in [-0.05, 0) is 75.3 Å². The van der Waals surface area contributed by atoms with E-state index in [0.29, 0.717) is 11.4 Å². The SMILES string of the molecule is Cc1nc(-c2ccc(NC(C)c3ccc4c(c3)CCCC4)nc2)[nH]c(=O)c1C. The van der Waals surface area contributed by atoms with Gasteiger partial charge in [0.1, 0.15) is 11.6 Å². The third-order valence-electron chi connectivity index (χ3n) is 5.67. The van der Waals surface area contributed by atoms with E-state index in [0.717, 1.165) is 17.1 Å². The average Bonchev–Trinajstić information content (AvgIpc) is 2.72. The third kappa shape index (κ3) is 3.70. The molecule has 0 saturated carbocycles. The van der Waals surface area contributed by atoms with E-state index in [1.54, 1.807) is 13.1 Å². The fourth-order valence-electron chi connectivity index (χ4n) is 3.73. The maximum absolute atomic E-state index is 12.0. The summed E-state index contributed by atoms with van der Waals surface area (Å²) in [4.78, 5) is 23.8. The molecule has 0 amide bonds. The van der Waals surface area contributed by atoms with E-state index in [1.807, 2.05) is 19.1 Å². The highest BCUT2D eigenvalue weighted by Crippen LogP contribution is 2.26. The van der Waals surface area contributed by atoms with Crippen LogP contribution in [0.4, 0.5) is 5.82 Å². The zero-order valence-corrected chi connectivity index (χ0v) is 16.7. The Morgan fingerprint density at radius 1 is 1.07 bits per heavy atom. The summed E-state index contributed by atoms with van der Waals surface area (Å²) < 4.78 is 0. The number of hydrogen-bond donors (Lipinski definition) is 2. The first kappa shape index (κ1) is 18.4. The fourth-order valence-corrected chi connectivity index (χ4v) is 3.73. The zero-order valence-electron chi connectivity index (χ0n) is 16.7. The lowest BCUT2D eigenvalue weighted by Crippen LogP contribution is -2.14. The first-order chi connectivity index (χ1) is 13.5. The second-order valence-corrected chi connectivity index (χ2v) is 7.66. The number of rotatable bonds is 4. The van der Waals surface area contributed by atoms with Crippen molar-refractivity contribution in [2.24, 2.45) is 0 Å². The van der Waals surface area contributed by atoms with Gasteiger partial charge in [-0.15, -0.1) is 0 Å². The van der Waals surface area contributed by atoms with Crippen molar-refractivity contribution in [3.8, 4) is 11.4 Å². The minimum Gasteiger partial charge on any atom is -0.364 e. The highest BCUT2D eigenvalue weighted by molar-refractivity contribution is 5.56. The smallest absolute Gasteiger partial charge is 0.254 e. The molecular weight excluding hydrogens is 348 g/mol. The summed E-state index contributed by atoms with van der Waals surface area (Å²) in [5.41, 5.74) is 6.35. The maximum atomic E-state index is 12.0. The number of aryl methyl sites for hydroxylation is 3. The predicted octanol–water partition coefficient (Wildman–Crippen LogP) is 4.50. The van der Waals surface area contributed by atoms with Crippen LogP contribution in [0.3, 0.4) is 0 Å². The Morgan fingerprint density at radius 3 is 2.57 bits per heavy atom. The lowest BCUT2D eigenvalue weighted by Gasteiger charge is -2.20. The van der Waals surface area contributed by atoms with Crippen molar-refractivity contribution in [1.29, 1.82) is 0 Å². The van der Waals surface area contributed by atoms with Crippen LogP contribution in [-0.4, -0.2) is 15.0 Å². The van der Waals surface area contributed by atoms with Gasteiger partial charge in [0.15, 0.2) is 0 Å². The lowest BCUT2D eigenvalue weighted by atomic mass is 9.89.